The highest BCUT2D eigenvalue weighted by Crippen LogP contribution is 2.33. The third-order valence-electron chi connectivity index (χ3n) is 4.21. The van der Waals surface area contributed by atoms with E-state index in [1.165, 1.54) is 31.6 Å². The third-order valence-corrected chi connectivity index (χ3v) is 4.21. The summed E-state index contributed by atoms with van der Waals surface area (Å²) in [6, 6.07) is 6.14. The first-order chi connectivity index (χ1) is 9.86. The molecule has 4 heteroatoms. The van der Waals surface area contributed by atoms with Crippen LogP contribution >= 0.6 is 0 Å². The molecule has 110 valence electrons. The molecule has 0 saturated carbocycles. The fourth-order valence-electron chi connectivity index (χ4n) is 3.05. The number of nitrogens with zero attached hydrogens (tertiary/aromatic N) is 1. The molecule has 0 amide bonds. The number of hydrogen-bond donors (Lipinski definition) is 1. The third kappa shape index (κ3) is 3.07. The molecule has 1 fully saturated rings. The average Bonchev–Trinajstić information content (AvgIpc) is 2.95. The van der Waals surface area contributed by atoms with Gasteiger partial charge in [-0.2, -0.15) is 0 Å². The van der Waals surface area contributed by atoms with Crippen LogP contribution in [0.2, 0.25) is 0 Å². The van der Waals surface area contributed by atoms with Crippen molar-refractivity contribution >= 4 is 0 Å². The Morgan fingerprint density at radius 3 is 3.05 bits per heavy atom. The number of hydrogen-bond acceptors (Lipinski definition) is 4. The Balaban J connectivity index is 1.52. The first kappa shape index (κ1) is 13.7. The second-order valence-corrected chi connectivity index (χ2v) is 5.62. The van der Waals surface area contributed by atoms with Crippen LogP contribution in [0.4, 0.5) is 0 Å². The number of nitrogens with one attached hydrogen (secondary N) is 1. The van der Waals surface area contributed by atoms with Crippen molar-refractivity contribution in [1.29, 1.82) is 0 Å². The molecule has 0 aromatic heterocycles. The second kappa shape index (κ2) is 6.46. The minimum Gasteiger partial charge on any atom is -0.486 e. The van der Waals surface area contributed by atoms with Crippen LogP contribution in [0.5, 0.6) is 11.5 Å². The maximum atomic E-state index is 5.74. The summed E-state index contributed by atoms with van der Waals surface area (Å²) in [5.41, 5.74) is 1.20. The summed E-state index contributed by atoms with van der Waals surface area (Å²) >= 11 is 0. The lowest BCUT2D eigenvalue weighted by Crippen LogP contribution is -2.26. The van der Waals surface area contributed by atoms with Gasteiger partial charge in [-0.25, -0.2) is 0 Å². The number of likely N-dealkylation sites (tertiary alicyclic amines) is 1. The Bertz CT molecular complexity index is 450. The van der Waals surface area contributed by atoms with Crippen LogP contribution in [0, 0.1) is 5.92 Å². The summed E-state index contributed by atoms with van der Waals surface area (Å²) in [6.45, 7) is 9.14. The Morgan fingerprint density at radius 2 is 2.20 bits per heavy atom. The van der Waals surface area contributed by atoms with Gasteiger partial charge in [-0.1, -0.05) is 19.1 Å². The molecule has 1 N–H and O–H groups in total. The van der Waals surface area contributed by atoms with E-state index in [2.05, 4.69) is 23.2 Å². The number of fused-ring (bicyclic) bond motifs is 1. The Hall–Kier alpha value is -1.26. The highest BCUT2D eigenvalue weighted by atomic mass is 16.6. The van der Waals surface area contributed by atoms with Crippen molar-refractivity contribution < 1.29 is 9.47 Å². The van der Waals surface area contributed by atoms with Crippen LogP contribution in [0.3, 0.4) is 0 Å². The van der Waals surface area contributed by atoms with E-state index in [1.807, 2.05) is 12.1 Å². The first-order valence-corrected chi connectivity index (χ1v) is 7.67. The Kier molecular flexibility index (Phi) is 4.43. The fraction of sp³-hybridized carbons (Fsp3) is 0.625. The summed E-state index contributed by atoms with van der Waals surface area (Å²) in [5.74, 6) is 2.59. The lowest BCUT2D eigenvalue weighted by atomic mass is 10.1. The molecule has 0 unspecified atom stereocenters. The van der Waals surface area contributed by atoms with Gasteiger partial charge >= 0.3 is 0 Å². The summed E-state index contributed by atoms with van der Waals surface area (Å²) in [6.07, 6.45) is 1.31. The van der Waals surface area contributed by atoms with Crippen LogP contribution in [-0.2, 0) is 6.54 Å². The summed E-state index contributed by atoms with van der Waals surface area (Å²) in [5, 5.41) is 3.58. The predicted molar refractivity (Wildman–Crippen MR) is 79.4 cm³/mol. The molecule has 4 nitrogen and oxygen atoms in total. The van der Waals surface area contributed by atoms with E-state index in [-0.39, 0.29) is 0 Å². The standard InChI is InChI=1S/C16H24N2O2/c1-2-18-7-6-13(12-18)10-17-11-14-4-3-5-15-16(14)20-9-8-19-15/h3-5,13,17H,2,6-12H2,1H3/t13-/m0/s1. The van der Waals surface area contributed by atoms with Crippen molar-refractivity contribution in [2.75, 3.05) is 39.4 Å². The molecular formula is C16H24N2O2. The van der Waals surface area contributed by atoms with E-state index in [0.29, 0.717) is 13.2 Å². The zero-order valence-electron chi connectivity index (χ0n) is 12.2. The monoisotopic (exact) mass is 276 g/mol. The quantitative estimate of drug-likeness (QED) is 0.890. The zero-order chi connectivity index (χ0) is 13.8. The highest BCUT2D eigenvalue weighted by Gasteiger charge is 2.21. The number of ether oxygens (including phenoxy) is 2. The molecule has 2 aliphatic heterocycles. The van der Waals surface area contributed by atoms with Gasteiger partial charge in [0.1, 0.15) is 13.2 Å². The van der Waals surface area contributed by atoms with Crippen molar-refractivity contribution in [3.8, 4) is 11.5 Å². The maximum absolute atomic E-state index is 5.74. The molecule has 1 aromatic rings. The summed E-state index contributed by atoms with van der Waals surface area (Å²) < 4.78 is 11.4. The smallest absolute Gasteiger partial charge is 0.165 e. The van der Waals surface area contributed by atoms with E-state index < -0.39 is 0 Å². The number of benzene rings is 1. The molecule has 1 atom stereocenters. The lowest BCUT2D eigenvalue weighted by Gasteiger charge is -2.21. The average molecular weight is 276 g/mol. The van der Waals surface area contributed by atoms with Gasteiger partial charge < -0.3 is 19.7 Å². The van der Waals surface area contributed by atoms with Crippen molar-refractivity contribution in [2.45, 2.75) is 19.9 Å². The molecule has 1 aromatic carbocycles. The molecule has 3 rings (SSSR count). The van der Waals surface area contributed by atoms with Gasteiger partial charge in [0, 0.05) is 18.7 Å². The molecule has 0 spiro atoms. The van der Waals surface area contributed by atoms with Crippen LogP contribution in [0.1, 0.15) is 18.9 Å². The molecule has 0 radical (unpaired) electrons. The molecule has 0 bridgehead atoms. The second-order valence-electron chi connectivity index (χ2n) is 5.62. The Morgan fingerprint density at radius 1 is 1.30 bits per heavy atom. The minimum atomic E-state index is 0.651. The molecule has 0 aliphatic carbocycles. The summed E-state index contributed by atoms with van der Waals surface area (Å²) in [7, 11) is 0. The van der Waals surface area contributed by atoms with Gasteiger partial charge in [-0.3, -0.25) is 0 Å². The maximum Gasteiger partial charge on any atom is 0.165 e. The lowest BCUT2D eigenvalue weighted by molar-refractivity contribution is 0.169. The van der Waals surface area contributed by atoms with Crippen LogP contribution in [0.25, 0.3) is 0 Å². The molecule has 1 saturated heterocycles. The molecule has 2 aliphatic rings. The van der Waals surface area contributed by atoms with Crippen molar-refractivity contribution in [1.82, 2.24) is 10.2 Å². The normalized spacial score (nSPS) is 22.1. The fourth-order valence-corrected chi connectivity index (χ4v) is 3.05. The van der Waals surface area contributed by atoms with E-state index in [0.717, 1.165) is 30.5 Å². The first-order valence-electron chi connectivity index (χ1n) is 7.67. The van der Waals surface area contributed by atoms with Crippen molar-refractivity contribution in [3.05, 3.63) is 23.8 Å². The highest BCUT2D eigenvalue weighted by molar-refractivity contribution is 5.47. The van der Waals surface area contributed by atoms with Gasteiger partial charge in [0.15, 0.2) is 11.5 Å². The van der Waals surface area contributed by atoms with E-state index in [1.54, 1.807) is 0 Å². The van der Waals surface area contributed by atoms with Crippen LogP contribution < -0.4 is 14.8 Å². The largest absolute Gasteiger partial charge is 0.486 e. The molecule has 20 heavy (non-hydrogen) atoms. The Labute approximate surface area is 121 Å². The molecule has 2 heterocycles. The van der Waals surface area contributed by atoms with Gasteiger partial charge in [-0.15, -0.1) is 0 Å². The SMILES string of the molecule is CCN1CC[C@@H](CNCc2cccc3c2OCCO3)C1. The topological polar surface area (TPSA) is 33.7 Å². The van der Waals surface area contributed by atoms with Gasteiger partial charge in [0.25, 0.3) is 0 Å². The molecular weight excluding hydrogens is 252 g/mol. The van der Waals surface area contributed by atoms with E-state index >= 15 is 0 Å². The zero-order valence-corrected chi connectivity index (χ0v) is 12.2. The van der Waals surface area contributed by atoms with Crippen LogP contribution in [-0.4, -0.2) is 44.3 Å². The predicted octanol–water partition coefficient (Wildman–Crippen LogP) is 1.89. The van der Waals surface area contributed by atoms with Gasteiger partial charge in [0.05, 0.1) is 0 Å². The van der Waals surface area contributed by atoms with Gasteiger partial charge in [0.2, 0.25) is 0 Å². The summed E-state index contributed by atoms with van der Waals surface area (Å²) in [4.78, 5) is 2.52. The van der Waals surface area contributed by atoms with Crippen LogP contribution in [0.15, 0.2) is 18.2 Å². The van der Waals surface area contributed by atoms with Gasteiger partial charge in [-0.05, 0) is 38.0 Å². The number of para-hydroxylation sites is 1. The number of rotatable bonds is 5. The minimum absolute atomic E-state index is 0.651. The van der Waals surface area contributed by atoms with E-state index in [4.69, 9.17) is 9.47 Å². The van der Waals surface area contributed by atoms with Crippen molar-refractivity contribution in [2.24, 2.45) is 5.92 Å². The van der Waals surface area contributed by atoms with Crippen molar-refractivity contribution in [3.63, 3.8) is 0 Å². The van der Waals surface area contributed by atoms with E-state index in [9.17, 15) is 0 Å².